The normalized spacial score (nSPS) is 11.4. The average molecular weight is 445 g/mol. The van der Waals surface area contributed by atoms with Crippen molar-refractivity contribution < 1.29 is 27.2 Å². The second kappa shape index (κ2) is 8.34. The van der Waals surface area contributed by atoms with Gasteiger partial charge in [0.2, 0.25) is 0 Å². The van der Waals surface area contributed by atoms with Gasteiger partial charge in [-0.25, -0.2) is 0 Å². The molecule has 0 atom stereocenters. The fourth-order valence-corrected chi connectivity index (χ4v) is 2.87. The Balaban J connectivity index is 1.79. The minimum absolute atomic E-state index is 0.0488. The van der Waals surface area contributed by atoms with Gasteiger partial charge in [0, 0.05) is 10.7 Å². The average Bonchev–Trinajstić information content (AvgIpc) is 3.01. The number of benzene rings is 2. The van der Waals surface area contributed by atoms with Crippen molar-refractivity contribution in [2.24, 2.45) is 0 Å². The number of carbonyl (C=O) groups excluding carboxylic acids is 1. The van der Waals surface area contributed by atoms with Crippen molar-refractivity contribution in [3.8, 4) is 5.75 Å². The van der Waals surface area contributed by atoms with E-state index in [9.17, 15) is 18.0 Å². The SMILES string of the molecule is Cc1onc(C(=O)Nc2ccc(Cl)c(C(F)(F)F)c2)c1COc1cccc(Cl)c1. The molecular formula is C19H13Cl2F3N2O3. The van der Waals surface area contributed by atoms with Crippen LogP contribution in [0.25, 0.3) is 0 Å². The van der Waals surface area contributed by atoms with Gasteiger partial charge in [-0.2, -0.15) is 13.2 Å². The number of anilines is 1. The van der Waals surface area contributed by atoms with Gasteiger partial charge < -0.3 is 14.6 Å². The van der Waals surface area contributed by atoms with Crippen molar-refractivity contribution in [2.45, 2.75) is 19.7 Å². The summed E-state index contributed by atoms with van der Waals surface area (Å²) in [7, 11) is 0. The summed E-state index contributed by atoms with van der Waals surface area (Å²) in [5, 5.41) is 6.06. The summed E-state index contributed by atoms with van der Waals surface area (Å²) in [4.78, 5) is 12.5. The van der Waals surface area contributed by atoms with Crippen LogP contribution < -0.4 is 10.1 Å². The van der Waals surface area contributed by atoms with E-state index in [4.69, 9.17) is 32.5 Å². The van der Waals surface area contributed by atoms with Crippen LogP contribution in [0.3, 0.4) is 0 Å². The highest BCUT2D eigenvalue weighted by Crippen LogP contribution is 2.36. The van der Waals surface area contributed by atoms with E-state index in [1.54, 1.807) is 31.2 Å². The molecule has 1 N–H and O–H groups in total. The van der Waals surface area contributed by atoms with Crippen molar-refractivity contribution in [1.82, 2.24) is 5.16 Å². The van der Waals surface area contributed by atoms with Crippen molar-refractivity contribution in [3.63, 3.8) is 0 Å². The molecule has 0 bridgehead atoms. The minimum Gasteiger partial charge on any atom is -0.489 e. The number of hydrogen-bond acceptors (Lipinski definition) is 4. The molecule has 1 aromatic heterocycles. The molecule has 10 heteroatoms. The predicted molar refractivity (Wildman–Crippen MR) is 101 cm³/mol. The largest absolute Gasteiger partial charge is 0.489 e. The fourth-order valence-electron chi connectivity index (χ4n) is 2.46. The number of carbonyl (C=O) groups is 1. The number of rotatable bonds is 5. The molecule has 29 heavy (non-hydrogen) atoms. The Hall–Kier alpha value is -2.71. The van der Waals surface area contributed by atoms with Gasteiger partial charge in [-0.3, -0.25) is 4.79 Å². The number of halogens is 5. The standard InChI is InChI=1S/C19H13Cl2F3N2O3/c1-10-14(9-28-13-4-2-3-11(20)7-13)17(26-29-10)18(27)25-12-5-6-16(21)15(8-12)19(22,23)24/h2-8H,9H2,1H3,(H,25,27). The van der Waals surface area contributed by atoms with Gasteiger partial charge in [0.05, 0.1) is 16.1 Å². The van der Waals surface area contributed by atoms with E-state index in [0.29, 0.717) is 22.1 Å². The van der Waals surface area contributed by atoms with E-state index < -0.39 is 22.7 Å². The molecule has 3 aromatic rings. The van der Waals surface area contributed by atoms with Crippen LogP contribution in [0.1, 0.15) is 27.4 Å². The molecule has 5 nitrogen and oxygen atoms in total. The second-order valence-corrected chi connectivity index (χ2v) is 6.80. The first kappa shape index (κ1) is 21.0. The fraction of sp³-hybridized carbons (Fsp3) is 0.158. The van der Waals surface area contributed by atoms with Crippen LogP contribution >= 0.6 is 23.2 Å². The lowest BCUT2D eigenvalue weighted by molar-refractivity contribution is -0.137. The van der Waals surface area contributed by atoms with Gasteiger partial charge >= 0.3 is 6.18 Å². The van der Waals surface area contributed by atoms with Crippen molar-refractivity contribution in [3.05, 3.63) is 75.1 Å². The summed E-state index contributed by atoms with van der Waals surface area (Å²) < 4.78 is 49.6. The molecule has 0 aliphatic carbocycles. The van der Waals surface area contributed by atoms with E-state index in [-0.39, 0.29) is 18.0 Å². The number of alkyl halides is 3. The van der Waals surface area contributed by atoms with Gasteiger partial charge in [-0.15, -0.1) is 0 Å². The summed E-state index contributed by atoms with van der Waals surface area (Å²) in [5.41, 5.74) is -0.896. The van der Waals surface area contributed by atoms with Crippen LogP contribution in [-0.2, 0) is 12.8 Å². The first-order valence-corrected chi connectivity index (χ1v) is 8.92. The molecule has 0 unspecified atom stereocenters. The molecule has 1 amide bonds. The highest BCUT2D eigenvalue weighted by atomic mass is 35.5. The molecule has 2 aromatic carbocycles. The number of aryl methyl sites for hydroxylation is 1. The summed E-state index contributed by atoms with van der Waals surface area (Å²) in [5.74, 6) is 0.0586. The van der Waals surface area contributed by atoms with E-state index in [2.05, 4.69) is 10.5 Å². The Kier molecular flexibility index (Phi) is 6.04. The predicted octanol–water partition coefficient (Wildman–Crippen LogP) is 6.14. The van der Waals surface area contributed by atoms with Crippen LogP contribution in [0.5, 0.6) is 5.75 Å². The summed E-state index contributed by atoms with van der Waals surface area (Å²) in [6, 6.07) is 9.71. The highest BCUT2D eigenvalue weighted by molar-refractivity contribution is 6.31. The van der Waals surface area contributed by atoms with Gasteiger partial charge in [0.15, 0.2) is 5.69 Å². The number of aromatic nitrogens is 1. The van der Waals surface area contributed by atoms with Crippen LogP contribution in [0.15, 0.2) is 47.0 Å². The third kappa shape index (κ3) is 5.02. The third-order valence-electron chi connectivity index (χ3n) is 3.91. The summed E-state index contributed by atoms with van der Waals surface area (Å²) in [6.07, 6.45) is -4.65. The Morgan fingerprint density at radius 1 is 1.21 bits per heavy atom. The van der Waals surface area contributed by atoms with E-state index in [0.717, 1.165) is 12.1 Å². The molecule has 0 saturated carbocycles. The number of hydrogen-bond donors (Lipinski definition) is 1. The van der Waals surface area contributed by atoms with Crippen molar-refractivity contribution >= 4 is 34.8 Å². The zero-order chi connectivity index (χ0) is 21.2. The van der Waals surface area contributed by atoms with Gasteiger partial charge in [-0.05, 0) is 43.3 Å². The Labute approximate surface area is 173 Å². The summed E-state index contributed by atoms with van der Waals surface area (Å²) in [6.45, 7) is 1.54. The van der Waals surface area contributed by atoms with E-state index >= 15 is 0 Å². The van der Waals surface area contributed by atoms with Gasteiger partial charge in [0.25, 0.3) is 5.91 Å². The lowest BCUT2D eigenvalue weighted by Gasteiger charge is -2.11. The maximum atomic E-state index is 13.0. The van der Waals surface area contributed by atoms with Crippen LogP contribution in [0.2, 0.25) is 10.0 Å². The number of ether oxygens (including phenoxy) is 1. The topological polar surface area (TPSA) is 64.4 Å². The summed E-state index contributed by atoms with van der Waals surface area (Å²) >= 11 is 11.5. The Bertz CT molecular complexity index is 1050. The Morgan fingerprint density at radius 2 is 1.97 bits per heavy atom. The molecular weight excluding hydrogens is 432 g/mol. The maximum Gasteiger partial charge on any atom is 0.417 e. The second-order valence-electron chi connectivity index (χ2n) is 5.96. The first-order valence-electron chi connectivity index (χ1n) is 8.17. The molecule has 0 aliphatic heterocycles. The Morgan fingerprint density at radius 3 is 2.66 bits per heavy atom. The number of nitrogens with one attached hydrogen (secondary N) is 1. The quantitative estimate of drug-likeness (QED) is 0.513. The highest BCUT2D eigenvalue weighted by Gasteiger charge is 2.33. The van der Waals surface area contributed by atoms with Crippen LogP contribution in [0, 0.1) is 6.92 Å². The lowest BCUT2D eigenvalue weighted by Crippen LogP contribution is -2.16. The number of amides is 1. The zero-order valence-electron chi connectivity index (χ0n) is 14.8. The minimum atomic E-state index is -4.65. The van der Waals surface area contributed by atoms with E-state index in [1.807, 2.05) is 0 Å². The van der Waals surface area contributed by atoms with Crippen molar-refractivity contribution in [1.29, 1.82) is 0 Å². The third-order valence-corrected chi connectivity index (χ3v) is 4.47. The molecule has 0 radical (unpaired) electrons. The van der Waals surface area contributed by atoms with Gasteiger partial charge in [0.1, 0.15) is 18.1 Å². The van der Waals surface area contributed by atoms with Gasteiger partial charge in [-0.1, -0.05) is 34.4 Å². The van der Waals surface area contributed by atoms with Crippen LogP contribution in [-0.4, -0.2) is 11.1 Å². The molecule has 0 fully saturated rings. The monoisotopic (exact) mass is 444 g/mol. The molecule has 1 heterocycles. The number of nitrogens with zero attached hydrogens (tertiary/aromatic N) is 1. The molecule has 0 spiro atoms. The maximum absolute atomic E-state index is 13.0. The molecule has 3 rings (SSSR count). The first-order chi connectivity index (χ1) is 13.6. The van der Waals surface area contributed by atoms with E-state index in [1.165, 1.54) is 6.07 Å². The molecule has 0 saturated heterocycles. The lowest BCUT2D eigenvalue weighted by atomic mass is 10.1. The zero-order valence-corrected chi connectivity index (χ0v) is 16.3. The molecule has 0 aliphatic rings. The molecule has 152 valence electrons. The van der Waals surface area contributed by atoms with Crippen LogP contribution in [0.4, 0.5) is 18.9 Å². The van der Waals surface area contributed by atoms with Crippen molar-refractivity contribution in [2.75, 3.05) is 5.32 Å². The smallest absolute Gasteiger partial charge is 0.417 e.